The SMILES string of the molecule is CCCC(C)C1(C)C(C)C(C(C)CC)C(C)C(CC)CC(CC)C(C)(C)C1C. The lowest BCUT2D eigenvalue weighted by Gasteiger charge is -2.56. The van der Waals surface area contributed by atoms with Gasteiger partial charge in [-0.3, -0.25) is 0 Å². The molecule has 1 fully saturated rings. The highest BCUT2D eigenvalue weighted by molar-refractivity contribution is 5.02. The lowest BCUT2D eigenvalue weighted by atomic mass is 9.49. The van der Waals surface area contributed by atoms with E-state index >= 15 is 0 Å². The van der Waals surface area contributed by atoms with Crippen LogP contribution in [-0.4, -0.2) is 0 Å². The van der Waals surface area contributed by atoms with E-state index in [2.05, 4.69) is 83.1 Å². The molecule has 1 aliphatic carbocycles. The summed E-state index contributed by atoms with van der Waals surface area (Å²) in [6, 6.07) is 0. The van der Waals surface area contributed by atoms with Crippen LogP contribution in [-0.2, 0) is 0 Å². The molecule has 9 atom stereocenters. The van der Waals surface area contributed by atoms with Gasteiger partial charge in [0.15, 0.2) is 0 Å². The molecule has 168 valence electrons. The van der Waals surface area contributed by atoms with Crippen molar-refractivity contribution in [3.05, 3.63) is 0 Å². The molecule has 0 aromatic carbocycles. The van der Waals surface area contributed by atoms with Gasteiger partial charge in [-0.2, -0.15) is 0 Å². The Hall–Kier alpha value is 0. The van der Waals surface area contributed by atoms with Crippen LogP contribution in [0, 0.1) is 58.2 Å². The summed E-state index contributed by atoms with van der Waals surface area (Å²) in [6.07, 6.45) is 8.13. The van der Waals surface area contributed by atoms with E-state index in [1.165, 1.54) is 38.5 Å². The Morgan fingerprint density at radius 1 is 0.893 bits per heavy atom. The van der Waals surface area contributed by atoms with Crippen molar-refractivity contribution in [3.8, 4) is 0 Å². The van der Waals surface area contributed by atoms with Gasteiger partial charge in [0.2, 0.25) is 0 Å². The third-order valence-electron chi connectivity index (χ3n) is 10.7. The molecule has 0 amide bonds. The highest BCUT2D eigenvalue weighted by Gasteiger charge is 2.53. The van der Waals surface area contributed by atoms with Crippen molar-refractivity contribution in [1.82, 2.24) is 0 Å². The lowest BCUT2D eigenvalue weighted by Crippen LogP contribution is -2.50. The molecule has 28 heavy (non-hydrogen) atoms. The van der Waals surface area contributed by atoms with Crippen LogP contribution < -0.4 is 0 Å². The molecule has 0 N–H and O–H groups in total. The first kappa shape index (κ1) is 26.0. The largest absolute Gasteiger partial charge is 0.0654 e. The quantitative estimate of drug-likeness (QED) is 0.404. The summed E-state index contributed by atoms with van der Waals surface area (Å²) < 4.78 is 0. The highest BCUT2D eigenvalue weighted by atomic mass is 14.6. The van der Waals surface area contributed by atoms with Crippen molar-refractivity contribution in [2.75, 3.05) is 0 Å². The third kappa shape index (κ3) is 4.67. The van der Waals surface area contributed by atoms with Crippen LogP contribution in [0.4, 0.5) is 0 Å². The van der Waals surface area contributed by atoms with Crippen molar-refractivity contribution >= 4 is 0 Å². The fourth-order valence-electron chi connectivity index (χ4n) is 7.75. The van der Waals surface area contributed by atoms with Gasteiger partial charge in [-0.25, -0.2) is 0 Å². The van der Waals surface area contributed by atoms with E-state index in [1.54, 1.807) is 0 Å². The molecule has 0 radical (unpaired) electrons. The fraction of sp³-hybridized carbons (Fsp3) is 1.00. The van der Waals surface area contributed by atoms with Gasteiger partial charge in [0, 0.05) is 0 Å². The van der Waals surface area contributed by atoms with Crippen molar-refractivity contribution in [1.29, 1.82) is 0 Å². The zero-order valence-corrected chi connectivity index (χ0v) is 21.9. The van der Waals surface area contributed by atoms with Gasteiger partial charge in [0.25, 0.3) is 0 Å². The number of hydrogen-bond donors (Lipinski definition) is 0. The second-order valence-corrected chi connectivity index (χ2v) is 11.7. The summed E-state index contributed by atoms with van der Waals surface area (Å²) in [5.41, 5.74) is 0.801. The first-order chi connectivity index (χ1) is 12.9. The maximum Gasteiger partial charge on any atom is -0.0241 e. The molecular formula is C28H56. The summed E-state index contributed by atoms with van der Waals surface area (Å²) in [4.78, 5) is 0. The molecule has 1 aliphatic rings. The molecule has 0 aromatic rings. The molecule has 0 heteroatoms. The zero-order chi connectivity index (χ0) is 21.9. The predicted molar refractivity (Wildman–Crippen MR) is 129 cm³/mol. The van der Waals surface area contributed by atoms with E-state index in [9.17, 15) is 0 Å². The van der Waals surface area contributed by atoms with Crippen molar-refractivity contribution < 1.29 is 0 Å². The molecule has 0 aliphatic heterocycles. The van der Waals surface area contributed by atoms with E-state index in [4.69, 9.17) is 0 Å². The molecule has 0 saturated heterocycles. The molecule has 0 heterocycles. The molecule has 1 saturated carbocycles. The minimum Gasteiger partial charge on any atom is -0.0654 e. The Bertz CT molecular complexity index is 449. The average molecular weight is 393 g/mol. The standard InChI is InChI=1S/C28H56/c1-13-17-20(6)28(12)22(8)26(19(5)14-2)21(7)24(15-3)18-25(16-4)27(10,11)23(28)9/h19-26H,13-18H2,1-12H3. The van der Waals surface area contributed by atoms with Crippen LogP contribution in [0.1, 0.15) is 122 Å². The summed E-state index contributed by atoms with van der Waals surface area (Å²) in [7, 11) is 0. The summed E-state index contributed by atoms with van der Waals surface area (Å²) in [6.45, 7) is 30.7. The summed E-state index contributed by atoms with van der Waals surface area (Å²) in [5, 5.41) is 0. The lowest BCUT2D eigenvalue weighted by molar-refractivity contribution is -0.0742. The first-order valence-corrected chi connectivity index (χ1v) is 12.9. The Labute approximate surface area is 180 Å². The van der Waals surface area contributed by atoms with E-state index in [1.807, 2.05) is 0 Å². The molecule has 0 aromatic heterocycles. The number of hydrogen-bond acceptors (Lipinski definition) is 0. The summed E-state index contributed by atoms with van der Waals surface area (Å²) >= 11 is 0. The first-order valence-electron chi connectivity index (χ1n) is 12.9. The van der Waals surface area contributed by atoms with Gasteiger partial charge >= 0.3 is 0 Å². The number of rotatable bonds is 7. The molecule has 1 rings (SSSR count). The molecule has 0 spiro atoms. The Morgan fingerprint density at radius 2 is 1.46 bits per heavy atom. The van der Waals surface area contributed by atoms with Gasteiger partial charge in [0.1, 0.15) is 0 Å². The van der Waals surface area contributed by atoms with Gasteiger partial charge < -0.3 is 0 Å². The van der Waals surface area contributed by atoms with Crippen molar-refractivity contribution in [2.45, 2.75) is 122 Å². The highest BCUT2D eigenvalue weighted by Crippen LogP contribution is 2.60. The monoisotopic (exact) mass is 392 g/mol. The van der Waals surface area contributed by atoms with E-state index in [0.29, 0.717) is 10.8 Å². The van der Waals surface area contributed by atoms with Crippen LogP contribution in [0.2, 0.25) is 0 Å². The van der Waals surface area contributed by atoms with Crippen LogP contribution in [0.3, 0.4) is 0 Å². The minimum absolute atomic E-state index is 0.400. The second-order valence-electron chi connectivity index (χ2n) is 11.7. The summed E-state index contributed by atoms with van der Waals surface area (Å²) in [5.74, 6) is 6.52. The van der Waals surface area contributed by atoms with Crippen LogP contribution in [0.5, 0.6) is 0 Å². The van der Waals surface area contributed by atoms with Gasteiger partial charge in [-0.05, 0) is 64.6 Å². The maximum atomic E-state index is 2.70. The minimum atomic E-state index is 0.400. The van der Waals surface area contributed by atoms with Gasteiger partial charge in [0.05, 0.1) is 0 Å². The maximum absolute atomic E-state index is 2.70. The van der Waals surface area contributed by atoms with Gasteiger partial charge in [-0.1, -0.05) is 115 Å². The van der Waals surface area contributed by atoms with E-state index in [-0.39, 0.29) is 0 Å². The van der Waals surface area contributed by atoms with Crippen LogP contribution in [0.15, 0.2) is 0 Å². The average Bonchev–Trinajstić information content (AvgIpc) is 2.67. The fourth-order valence-corrected chi connectivity index (χ4v) is 7.75. The Morgan fingerprint density at radius 3 is 1.89 bits per heavy atom. The van der Waals surface area contributed by atoms with Crippen molar-refractivity contribution in [3.63, 3.8) is 0 Å². The van der Waals surface area contributed by atoms with Crippen LogP contribution >= 0.6 is 0 Å². The van der Waals surface area contributed by atoms with Crippen LogP contribution in [0.25, 0.3) is 0 Å². The third-order valence-corrected chi connectivity index (χ3v) is 10.7. The second kappa shape index (κ2) is 10.3. The van der Waals surface area contributed by atoms with E-state index < -0.39 is 0 Å². The van der Waals surface area contributed by atoms with Crippen molar-refractivity contribution in [2.24, 2.45) is 58.2 Å². The topological polar surface area (TPSA) is 0 Å². The molecule has 0 bridgehead atoms. The van der Waals surface area contributed by atoms with E-state index in [0.717, 1.165) is 47.3 Å². The van der Waals surface area contributed by atoms with Gasteiger partial charge in [-0.15, -0.1) is 0 Å². The predicted octanol–water partition coefficient (Wildman–Crippen LogP) is 9.48. The Kier molecular flexibility index (Phi) is 9.62. The molecule has 9 unspecified atom stereocenters. The molecule has 0 nitrogen and oxygen atoms in total. The zero-order valence-electron chi connectivity index (χ0n) is 21.9. The Balaban J connectivity index is 3.67. The molecular weight excluding hydrogens is 336 g/mol. The normalized spacial score (nSPS) is 41.6. The smallest absolute Gasteiger partial charge is 0.0241 e.